The van der Waals surface area contributed by atoms with E-state index in [1.54, 1.807) is 40.5 Å². The summed E-state index contributed by atoms with van der Waals surface area (Å²) in [4.78, 5) is 1.61. The van der Waals surface area contributed by atoms with E-state index in [0.717, 1.165) is 20.2 Å². The van der Waals surface area contributed by atoms with Gasteiger partial charge < -0.3 is 9.32 Å². The Morgan fingerprint density at radius 1 is 0.469 bits per heavy atom. The summed E-state index contributed by atoms with van der Waals surface area (Å²) in [7, 11) is 0. The molecule has 0 radical (unpaired) electrons. The summed E-state index contributed by atoms with van der Waals surface area (Å²) in [5.41, 5.74) is 1.03. The fourth-order valence-electron chi connectivity index (χ4n) is 6.34. The molecule has 0 saturated carbocycles. The van der Waals surface area contributed by atoms with E-state index in [0.29, 0.717) is 16.9 Å². The molecule has 2 nitrogen and oxygen atoms in total. The summed E-state index contributed by atoms with van der Waals surface area (Å²) >= 11 is 1.56. The number of benzene rings is 8. The van der Waals surface area contributed by atoms with Gasteiger partial charge in [0.15, 0.2) is 0 Å². The second-order valence-corrected chi connectivity index (χ2v) is 12.4. The van der Waals surface area contributed by atoms with Crippen LogP contribution >= 0.6 is 11.3 Å². The first-order valence-electron chi connectivity index (χ1n) is 22.9. The topological polar surface area (TPSA) is 16.4 Å². The minimum atomic E-state index is -0.539. The molecule has 2 heterocycles. The third-order valence-corrected chi connectivity index (χ3v) is 9.70. The second kappa shape index (κ2) is 11.2. The van der Waals surface area contributed by atoms with Crippen LogP contribution in [0.1, 0.15) is 20.6 Å². The maximum absolute atomic E-state index is 9.18. The van der Waals surface area contributed by atoms with Gasteiger partial charge in [0.2, 0.25) is 0 Å². The van der Waals surface area contributed by atoms with Crippen molar-refractivity contribution >= 4 is 81.3 Å². The van der Waals surface area contributed by atoms with Gasteiger partial charge in [0.25, 0.3) is 0 Å². The molecule has 8 aromatic carbocycles. The second-order valence-electron chi connectivity index (χ2n) is 11.4. The molecule has 0 aliphatic carbocycles. The van der Waals surface area contributed by atoms with Crippen molar-refractivity contribution in [2.45, 2.75) is 0 Å². The molecule has 0 atom stereocenters. The van der Waals surface area contributed by atoms with Crippen molar-refractivity contribution in [2.75, 3.05) is 4.90 Å². The fourth-order valence-corrected chi connectivity index (χ4v) is 7.46. The summed E-state index contributed by atoms with van der Waals surface area (Å²) in [6.45, 7) is 0. The van der Waals surface area contributed by atoms with E-state index in [1.165, 1.54) is 18.2 Å². The summed E-state index contributed by atoms with van der Waals surface area (Å²) in [6, 6.07) is 17.9. The van der Waals surface area contributed by atoms with Crippen LogP contribution in [0.5, 0.6) is 0 Å². The molecule has 0 unspecified atom stereocenters. The molecule has 10 rings (SSSR count). The Hall–Kier alpha value is -6.16. The Labute approximate surface area is 308 Å². The van der Waals surface area contributed by atoms with Crippen molar-refractivity contribution in [3.8, 4) is 22.3 Å². The molecule has 0 aliphatic rings. The first-order valence-corrected chi connectivity index (χ1v) is 16.2. The van der Waals surface area contributed by atoms with Crippen LogP contribution in [0.4, 0.5) is 17.1 Å². The lowest BCUT2D eigenvalue weighted by atomic mass is 9.96. The first-order chi connectivity index (χ1) is 30.5. The lowest BCUT2D eigenvalue weighted by Gasteiger charge is -2.26. The van der Waals surface area contributed by atoms with Gasteiger partial charge in [-0.3, -0.25) is 0 Å². The van der Waals surface area contributed by atoms with Crippen LogP contribution in [-0.2, 0) is 0 Å². The zero-order chi connectivity index (χ0) is 45.4. The zero-order valence-corrected chi connectivity index (χ0v) is 26.2. The van der Waals surface area contributed by atoms with Crippen LogP contribution in [0.15, 0.2) is 180 Å². The molecule has 0 bridgehead atoms. The summed E-state index contributed by atoms with van der Waals surface area (Å²) in [6.07, 6.45) is 0. The van der Waals surface area contributed by atoms with Crippen molar-refractivity contribution in [1.82, 2.24) is 0 Å². The smallest absolute Gasteiger partial charge is 0.136 e. The van der Waals surface area contributed by atoms with E-state index in [4.69, 9.17) is 19.5 Å². The molecule has 49 heavy (non-hydrogen) atoms. The molecule has 0 fully saturated rings. The lowest BCUT2D eigenvalue weighted by molar-refractivity contribution is 0.669. The predicted octanol–water partition coefficient (Wildman–Crippen LogP) is 13.9. The standard InChI is InChI=1S/C46H29NOS/c1-2-9-35(10-3-1)47(40-13-8-16-44-46(40)39-12-5-7-15-43(39)49-44)36-25-21-31(22-26-36)30-17-19-32(20-18-30)33-23-27-37-34(29-33)24-28-42-45(37)38-11-4-6-14-41(38)48-42/h1-29H/i1D,2D,3D,4D,6D,9D,10D,11D,17D,18D,19D,20D,24D,27D,28D. The molecule has 3 heteroatoms. The zero-order valence-electron chi connectivity index (χ0n) is 40.3. The van der Waals surface area contributed by atoms with Gasteiger partial charge in [0.05, 0.1) is 26.2 Å². The molecular formula is C46H29NOS. The SMILES string of the molecule is [2H]c1cc2oc3c([2H])c([2H])c4cc(-c5c([2H])c([2H])c(-c6ccc(N(c7c([2H])c([2H])c([2H])c([2H])c7[2H])c7cccc8sc9ccccc9c78)cc6)c([2H])c5[2H])cc([2H])c4c3c2c([2H])c1[2H]. The average Bonchev–Trinajstić information content (AvgIpc) is 3.86. The van der Waals surface area contributed by atoms with Gasteiger partial charge in [-0.05, 0) is 93.6 Å². The van der Waals surface area contributed by atoms with Crippen LogP contribution in [0.2, 0.25) is 0 Å². The average molecular weight is 659 g/mol. The highest BCUT2D eigenvalue weighted by molar-refractivity contribution is 7.26. The van der Waals surface area contributed by atoms with Crippen molar-refractivity contribution in [3.05, 3.63) is 176 Å². The largest absolute Gasteiger partial charge is 0.456 e. The molecule has 0 N–H and O–H groups in total. The van der Waals surface area contributed by atoms with Gasteiger partial charge in [-0.1, -0.05) is 115 Å². The quantitative estimate of drug-likeness (QED) is 0.183. The molecule has 10 aromatic rings. The van der Waals surface area contributed by atoms with Crippen LogP contribution in [0.25, 0.3) is 75.1 Å². The molecule has 0 aliphatic heterocycles. The molecule has 0 spiro atoms. The van der Waals surface area contributed by atoms with Crippen LogP contribution in [0, 0.1) is 0 Å². The molecule has 230 valence electrons. The van der Waals surface area contributed by atoms with Gasteiger partial charge in [-0.15, -0.1) is 11.3 Å². The highest BCUT2D eigenvalue weighted by Gasteiger charge is 2.18. The van der Waals surface area contributed by atoms with Crippen molar-refractivity contribution in [1.29, 1.82) is 0 Å². The number of thiophene rings is 1. The summed E-state index contributed by atoms with van der Waals surface area (Å²) in [5.74, 6) is 0. The number of anilines is 3. The third-order valence-electron chi connectivity index (χ3n) is 8.56. The molecule has 0 saturated heterocycles. The third kappa shape index (κ3) is 4.62. The fraction of sp³-hybridized carbons (Fsp3) is 0. The number of nitrogens with zero attached hydrogens (tertiary/aromatic N) is 1. The number of hydrogen-bond donors (Lipinski definition) is 0. The minimum Gasteiger partial charge on any atom is -0.456 e. The van der Waals surface area contributed by atoms with Gasteiger partial charge in [0, 0.05) is 42.3 Å². The van der Waals surface area contributed by atoms with E-state index in [1.807, 2.05) is 42.5 Å². The van der Waals surface area contributed by atoms with Gasteiger partial charge in [-0.2, -0.15) is 0 Å². The highest BCUT2D eigenvalue weighted by atomic mass is 32.1. The monoisotopic (exact) mass is 658 g/mol. The predicted molar refractivity (Wildman–Crippen MR) is 210 cm³/mol. The summed E-state index contributed by atoms with van der Waals surface area (Å²) < 4.78 is 139. The number of hydrogen-bond acceptors (Lipinski definition) is 3. The summed E-state index contributed by atoms with van der Waals surface area (Å²) in [5, 5.41) is 2.19. The normalized spacial score (nSPS) is 16.0. The van der Waals surface area contributed by atoms with Gasteiger partial charge >= 0.3 is 0 Å². The van der Waals surface area contributed by atoms with E-state index in [9.17, 15) is 5.48 Å². The van der Waals surface area contributed by atoms with Crippen LogP contribution in [-0.4, -0.2) is 0 Å². The van der Waals surface area contributed by atoms with Crippen molar-refractivity contribution < 1.29 is 25.0 Å². The maximum atomic E-state index is 9.18. The number of fused-ring (bicyclic) bond motifs is 8. The van der Waals surface area contributed by atoms with Crippen LogP contribution in [0.3, 0.4) is 0 Å². The Kier molecular flexibility index (Phi) is 3.85. The van der Waals surface area contributed by atoms with E-state index in [-0.39, 0.29) is 91.3 Å². The van der Waals surface area contributed by atoms with Crippen LogP contribution < -0.4 is 4.90 Å². The van der Waals surface area contributed by atoms with Gasteiger partial charge in [0.1, 0.15) is 11.2 Å². The number of furan rings is 1. The molecule has 0 amide bonds. The number of rotatable bonds is 5. The molecular weight excluding hydrogens is 615 g/mol. The maximum Gasteiger partial charge on any atom is 0.136 e. The van der Waals surface area contributed by atoms with Crippen molar-refractivity contribution in [3.63, 3.8) is 0 Å². The first kappa shape index (κ1) is 16.8. The lowest BCUT2D eigenvalue weighted by Crippen LogP contribution is -2.10. The van der Waals surface area contributed by atoms with E-state index >= 15 is 0 Å². The molecule has 2 aromatic heterocycles. The Morgan fingerprint density at radius 2 is 1.24 bits per heavy atom. The van der Waals surface area contributed by atoms with E-state index in [2.05, 4.69) is 0 Å². The van der Waals surface area contributed by atoms with Crippen molar-refractivity contribution in [2.24, 2.45) is 0 Å². The Bertz CT molecular complexity index is 3640. The number of para-hydroxylation sites is 2. The van der Waals surface area contributed by atoms with E-state index < -0.39 is 54.4 Å². The Morgan fingerprint density at radius 3 is 2.10 bits per heavy atom. The Balaban J connectivity index is 1.13. The highest BCUT2D eigenvalue weighted by Crippen LogP contribution is 2.45. The minimum absolute atomic E-state index is 0.0402. The van der Waals surface area contributed by atoms with Gasteiger partial charge in [-0.25, -0.2) is 0 Å².